The molecule has 0 aromatic carbocycles. The molecule has 0 rings (SSSR count). The summed E-state index contributed by atoms with van der Waals surface area (Å²) >= 11 is 0. The SMILES string of the molecule is CCCCCCCCCCCCCCCCN(CC)CC.O. The van der Waals surface area contributed by atoms with Crippen LogP contribution in [0.4, 0.5) is 0 Å². The maximum Gasteiger partial charge on any atom is -0.00190 e. The number of unbranched alkanes of at least 4 members (excludes halogenated alkanes) is 13. The van der Waals surface area contributed by atoms with Crippen molar-refractivity contribution in [3.8, 4) is 0 Å². The highest BCUT2D eigenvalue weighted by Crippen LogP contribution is 2.13. The van der Waals surface area contributed by atoms with Crippen LogP contribution < -0.4 is 0 Å². The minimum Gasteiger partial charge on any atom is -0.412 e. The first-order chi connectivity index (χ1) is 10.3. The zero-order chi connectivity index (χ0) is 15.6. The molecule has 0 saturated carbocycles. The van der Waals surface area contributed by atoms with E-state index in [9.17, 15) is 0 Å². The Hall–Kier alpha value is -0.0800. The smallest absolute Gasteiger partial charge is 0.00190 e. The molecule has 2 N–H and O–H groups in total. The lowest BCUT2D eigenvalue weighted by molar-refractivity contribution is 0.295. The summed E-state index contributed by atoms with van der Waals surface area (Å²) in [6, 6.07) is 0. The Morgan fingerprint density at radius 1 is 0.455 bits per heavy atom. The van der Waals surface area contributed by atoms with E-state index >= 15 is 0 Å². The number of hydrogen-bond acceptors (Lipinski definition) is 1. The van der Waals surface area contributed by atoms with Crippen LogP contribution >= 0.6 is 0 Å². The summed E-state index contributed by atoms with van der Waals surface area (Å²) in [5.74, 6) is 0. The molecule has 0 bridgehead atoms. The number of nitrogens with zero attached hydrogens (tertiary/aromatic N) is 1. The summed E-state index contributed by atoms with van der Waals surface area (Å²) in [5.41, 5.74) is 0. The van der Waals surface area contributed by atoms with Crippen molar-refractivity contribution in [2.45, 2.75) is 111 Å². The summed E-state index contributed by atoms with van der Waals surface area (Å²) in [7, 11) is 0. The molecule has 0 atom stereocenters. The second kappa shape index (κ2) is 20.9. The topological polar surface area (TPSA) is 34.7 Å². The van der Waals surface area contributed by atoms with Crippen LogP contribution in [0.1, 0.15) is 111 Å². The molecule has 2 heteroatoms. The summed E-state index contributed by atoms with van der Waals surface area (Å²) in [4.78, 5) is 2.54. The van der Waals surface area contributed by atoms with Gasteiger partial charge in [-0.3, -0.25) is 0 Å². The molecule has 0 radical (unpaired) electrons. The number of hydrogen-bond donors (Lipinski definition) is 0. The van der Waals surface area contributed by atoms with E-state index in [4.69, 9.17) is 0 Å². The van der Waals surface area contributed by atoms with E-state index in [-0.39, 0.29) is 5.48 Å². The van der Waals surface area contributed by atoms with Crippen molar-refractivity contribution in [2.24, 2.45) is 0 Å². The van der Waals surface area contributed by atoms with Gasteiger partial charge in [-0.25, -0.2) is 0 Å². The Morgan fingerprint density at radius 3 is 1.09 bits per heavy atom. The molecular formula is C20H45NO. The highest BCUT2D eigenvalue weighted by molar-refractivity contribution is 4.53. The highest BCUT2D eigenvalue weighted by Gasteiger charge is 1.98. The van der Waals surface area contributed by atoms with Crippen LogP contribution in [0.15, 0.2) is 0 Å². The molecule has 0 spiro atoms. The standard InChI is InChI=1S/C20H43N.H2O/c1-4-7-8-9-10-11-12-13-14-15-16-17-18-19-20-21(5-2)6-3;/h4-20H2,1-3H3;1H2. The van der Waals surface area contributed by atoms with Gasteiger partial charge in [0.2, 0.25) is 0 Å². The Labute approximate surface area is 141 Å². The Morgan fingerprint density at radius 2 is 0.773 bits per heavy atom. The van der Waals surface area contributed by atoms with Gasteiger partial charge in [0.05, 0.1) is 0 Å². The van der Waals surface area contributed by atoms with E-state index in [1.165, 1.54) is 110 Å². The zero-order valence-electron chi connectivity index (χ0n) is 16.0. The molecule has 0 saturated heterocycles. The van der Waals surface area contributed by atoms with Gasteiger partial charge in [-0.15, -0.1) is 0 Å². The molecular weight excluding hydrogens is 270 g/mol. The van der Waals surface area contributed by atoms with Crippen LogP contribution in [0, 0.1) is 0 Å². The average molecular weight is 316 g/mol. The van der Waals surface area contributed by atoms with Gasteiger partial charge < -0.3 is 10.4 Å². The van der Waals surface area contributed by atoms with Crippen LogP contribution in [0.2, 0.25) is 0 Å². The van der Waals surface area contributed by atoms with Crippen molar-refractivity contribution in [2.75, 3.05) is 19.6 Å². The van der Waals surface area contributed by atoms with Gasteiger partial charge in [0.25, 0.3) is 0 Å². The molecule has 0 aliphatic rings. The van der Waals surface area contributed by atoms with E-state index in [0.717, 1.165) is 0 Å². The lowest BCUT2D eigenvalue weighted by Gasteiger charge is -2.17. The van der Waals surface area contributed by atoms with Gasteiger partial charge in [0.1, 0.15) is 0 Å². The van der Waals surface area contributed by atoms with Crippen LogP contribution in [0.25, 0.3) is 0 Å². The Kier molecular flexibility index (Phi) is 23.0. The Bertz CT molecular complexity index is 181. The lowest BCUT2D eigenvalue weighted by Crippen LogP contribution is -2.23. The molecule has 0 amide bonds. The van der Waals surface area contributed by atoms with Gasteiger partial charge >= 0.3 is 0 Å². The van der Waals surface area contributed by atoms with Gasteiger partial charge in [-0.05, 0) is 26.1 Å². The van der Waals surface area contributed by atoms with E-state index in [1.807, 2.05) is 0 Å². The fourth-order valence-corrected chi connectivity index (χ4v) is 3.07. The summed E-state index contributed by atoms with van der Waals surface area (Å²) in [6.45, 7) is 10.6. The molecule has 136 valence electrons. The number of rotatable bonds is 17. The third-order valence-electron chi connectivity index (χ3n) is 4.72. The third kappa shape index (κ3) is 18.0. The first-order valence-electron chi connectivity index (χ1n) is 10.1. The summed E-state index contributed by atoms with van der Waals surface area (Å²) in [6.07, 6.45) is 20.4. The van der Waals surface area contributed by atoms with E-state index in [1.54, 1.807) is 0 Å². The van der Waals surface area contributed by atoms with Crippen molar-refractivity contribution in [3.05, 3.63) is 0 Å². The lowest BCUT2D eigenvalue weighted by atomic mass is 10.0. The van der Waals surface area contributed by atoms with Crippen molar-refractivity contribution in [1.29, 1.82) is 0 Å². The molecule has 0 aliphatic heterocycles. The van der Waals surface area contributed by atoms with Gasteiger partial charge in [-0.2, -0.15) is 0 Å². The van der Waals surface area contributed by atoms with Gasteiger partial charge in [0, 0.05) is 0 Å². The van der Waals surface area contributed by atoms with E-state index in [0.29, 0.717) is 0 Å². The summed E-state index contributed by atoms with van der Waals surface area (Å²) < 4.78 is 0. The molecule has 0 unspecified atom stereocenters. The van der Waals surface area contributed by atoms with Crippen LogP contribution in [0.3, 0.4) is 0 Å². The fraction of sp³-hybridized carbons (Fsp3) is 1.00. The van der Waals surface area contributed by atoms with Gasteiger partial charge in [-0.1, -0.05) is 104 Å². The maximum atomic E-state index is 2.54. The van der Waals surface area contributed by atoms with Crippen LogP contribution in [-0.4, -0.2) is 30.0 Å². The normalized spacial score (nSPS) is 10.9. The van der Waals surface area contributed by atoms with Crippen LogP contribution in [0.5, 0.6) is 0 Å². The second-order valence-electron chi connectivity index (χ2n) is 6.62. The quantitative estimate of drug-likeness (QED) is 0.304. The van der Waals surface area contributed by atoms with E-state index < -0.39 is 0 Å². The molecule has 2 nitrogen and oxygen atoms in total. The first kappa shape index (κ1) is 24.2. The minimum atomic E-state index is 0. The second-order valence-corrected chi connectivity index (χ2v) is 6.62. The van der Waals surface area contributed by atoms with Crippen LogP contribution in [-0.2, 0) is 0 Å². The maximum absolute atomic E-state index is 2.54. The molecule has 0 fully saturated rings. The molecule has 0 heterocycles. The molecule has 22 heavy (non-hydrogen) atoms. The fourth-order valence-electron chi connectivity index (χ4n) is 3.07. The predicted octanol–water partition coefficient (Wildman–Crippen LogP) is 5.98. The highest BCUT2D eigenvalue weighted by atomic mass is 16.0. The molecule has 0 aromatic heterocycles. The monoisotopic (exact) mass is 315 g/mol. The van der Waals surface area contributed by atoms with E-state index in [2.05, 4.69) is 25.7 Å². The van der Waals surface area contributed by atoms with Crippen molar-refractivity contribution in [3.63, 3.8) is 0 Å². The van der Waals surface area contributed by atoms with Crippen molar-refractivity contribution in [1.82, 2.24) is 4.90 Å². The average Bonchev–Trinajstić information content (AvgIpc) is 2.51. The third-order valence-corrected chi connectivity index (χ3v) is 4.72. The minimum absolute atomic E-state index is 0. The van der Waals surface area contributed by atoms with Crippen molar-refractivity contribution >= 4 is 0 Å². The Balaban J connectivity index is 0. The molecule has 0 aliphatic carbocycles. The van der Waals surface area contributed by atoms with Gasteiger partial charge in [0.15, 0.2) is 0 Å². The zero-order valence-corrected chi connectivity index (χ0v) is 16.0. The summed E-state index contributed by atoms with van der Waals surface area (Å²) in [5, 5.41) is 0. The predicted molar refractivity (Wildman–Crippen MR) is 102 cm³/mol. The first-order valence-corrected chi connectivity index (χ1v) is 10.1. The largest absolute Gasteiger partial charge is 0.412 e. The van der Waals surface area contributed by atoms with Crippen molar-refractivity contribution < 1.29 is 5.48 Å². The molecule has 0 aromatic rings.